The van der Waals surface area contributed by atoms with Crippen molar-refractivity contribution in [1.82, 2.24) is 4.90 Å². The zero-order valence-corrected chi connectivity index (χ0v) is 10.5. The van der Waals surface area contributed by atoms with Gasteiger partial charge in [0.25, 0.3) is 0 Å². The van der Waals surface area contributed by atoms with E-state index in [-0.39, 0.29) is 5.91 Å². The molecule has 1 aliphatic carbocycles. The molecule has 2 heteroatoms. The molecule has 0 aliphatic heterocycles. The number of amides is 1. The SMILES string of the molecule is CCN(CC)C(=O)C1=C(C)C(C)=C(C)C1. The summed E-state index contributed by atoms with van der Waals surface area (Å²) in [5, 5.41) is 0. The van der Waals surface area contributed by atoms with E-state index in [2.05, 4.69) is 20.8 Å². The lowest BCUT2D eigenvalue weighted by molar-refractivity contribution is -0.126. The molecule has 1 amide bonds. The Morgan fingerprint density at radius 1 is 1.13 bits per heavy atom. The molecule has 0 aromatic heterocycles. The highest BCUT2D eigenvalue weighted by Crippen LogP contribution is 2.32. The highest BCUT2D eigenvalue weighted by Gasteiger charge is 2.23. The van der Waals surface area contributed by atoms with Gasteiger partial charge in [-0.1, -0.05) is 5.57 Å². The Bertz CT molecular complexity index is 332. The first-order valence-corrected chi connectivity index (χ1v) is 5.68. The third-order valence-electron chi connectivity index (χ3n) is 3.41. The normalized spacial score (nSPS) is 16.3. The summed E-state index contributed by atoms with van der Waals surface area (Å²) in [4.78, 5) is 14.0. The van der Waals surface area contributed by atoms with Gasteiger partial charge in [0.1, 0.15) is 0 Å². The maximum atomic E-state index is 12.2. The van der Waals surface area contributed by atoms with Crippen molar-refractivity contribution in [3.63, 3.8) is 0 Å². The second-order valence-electron chi connectivity index (χ2n) is 4.16. The zero-order valence-electron chi connectivity index (χ0n) is 10.5. The number of nitrogens with zero attached hydrogens (tertiary/aromatic N) is 1. The van der Waals surface area contributed by atoms with Crippen LogP contribution in [0.5, 0.6) is 0 Å². The van der Waals surface area contributed by atoms with E-state index in [9.17, 15) is 4.79 Å². The maximum absolute atomic E-state index is 12.2. The van der Waals surface area contributed by atoms with E-state index in [1.54, 1.807) is 0 Å². The van der Waals surface area contributed by atoms with E-state index in [1.807, 2.05) is 18.7 Å². The van der Waals surface area contributed by atoms with Gasteiger partial charge in [-0.25, -0.2) is 0 Å². The minimum absolute atomic E-state index is 0.216. The first kappa shape index (κ1) is 12.0. The van der Waals surface area contributed by atoms with Crippen molar-refractivity contribution in [2.75, 3.05) is 13.1 Å². The van der Waals surface area contributed by atoms with E-state index in [4.69, 9.17) is 0 Å². The molecule has 2 nitrogen and oxygen atoms in total. The van der Waals surface area contributed by atoms with Crippen LogP contribution in [0.25, 0.3) is 0 Å². The van der Waals surface area contributed by atoms with Crippen molar-refractivity contribution in [3.05, 3.63) is 22.3 Å². The number of allylic oxidation sites excluding steroid dienone is 3. The Labute approximate surface area is 92.7 Å². The first-order valence-electron chi connectivity index (χ1n) is 5.68. The Kier molecular flexibility index (Phi) is 3.72. The van der Waals surface area contributed by atoms with Gasteiger partial charge < -0.3 is 4.90 Å². The molecule has 1 rings (SSSR count). The Balaban J connectivity index is 2.89. The highest BCUT2D eigenvalue weighted by molar-refractivity contribution is 5.96. The standard InChI is InChI=1S/C13H21NO/c1-6-14(7-2)13(15)12-8-9(3)10(4)11(12)5/h6-8H2,1-5H3. The van der Waals surface area contributed by atoms with Crippen molar-refractivity contribution in [3.8, 4) is 0 Å². The fourth-order valence-electron chi connectivity index (χ4n) is 2.01. The van der Waals surface area contributed by atoms with Crippen molar-refractivity contribution >= 4 is 5.91 Å². The molecule has 0 N–H and O–H groups in total. The molecule has 0 bridgehead atoms. The lowest BCUT2D eigenvalue weighted by Crippen LogP contribution is -2.31. The average molecular weight is 207 g/mol. The summed E-state index contributed by atoms with van der Waals surface area (Å²) in [5.41, 5.74) is 4.81. The predicted octanol–water partition coefficient (Wildman–Crippen LogP) is 2.91. The largest absolute Gasteiger partial charge is 0.339 e. The second-order valence-corrected chi connectivity index (χ2v) is 4.16. The Hall–Kier alpha value is -1.05. The van der Waals surface area contributed by atoms with Gasteiger partial charge in [-0.05, 0) is 52.2 Å². The summed E-state index contributed by atoms with van der Waals surface area (Å²) < 4.78 is 0. The molecule has 0 spiro atoms. The maximum Gasteiger partial charge on any atom is 0.250 e. The van der Waals surface area contributed by atoms with Crippen LogP contribution in [-0.4, -0.2) is 23.9 Å². The van der Waals surface area contributed by atoms with Crippen molar-refractivity contribution in [2.24, 2.45) is 0 Å². The smallest absolute Gasteiger partial charge is 0.250 e. The lowest BCUT2D eigenvalue weighted by Gasteiger charge is -2.20. The molecule has 0 atom stereocenters. The molecular weight excluding hydrogens is 186 g/mol. The molecule has 0 aromatic rings. The van der Waals surface area contributed by atoms with Gasteiger partial charge in [0.05, 0.1) is 0 Å². The number of likely N-dealkylation sites (N-methyl/N-ethyl adjacent to an activating group) is 1. The highest BCUT2D eigenvalue weighted by atomic mass is 16.2. The summed E-state index contributed by atoms with van der Waals surface area (Å²) in [5.74, 6) is 0.216. The van der Waals surface area contributed by atoms with Gasteiger partial charge in [0, 0.05) is 18.7 Å². The Morgan fingerprint density at radius 2 is 1.67 bits per heavy atom. The number of rotatable bonds is 3. The minimum Gasteiger partial charge on any atom is -0.339 e. The molecular formula is C13H21NO. The third kappa shape index (κ3) is 2.14. The molecule has 15 heavy (non-hydrogen) atoms. The van der Waals surface area contributed by atoms with Gasteiger partial charge in [0.2, 0.25) is 5.91 Å². The van der Waals surface area contributed by atoms with Gasteiger partial charge in [-0.15, -0.1) is 0 Å². The summed E-state index contributed by atoms with van der Waals surface area (Å²) in [6.07, 6.45) is 0.840. The van der Waals surface area contributed by atoms with Gasteiger partial charge in [0.15, 0.2) is 0 Å². The predicted molar refractivity (Wildman–Crippen MR) is 63.6 cm³/mol. The van der Waals surface area contributed by atoms with Crippen LogP contribution in [0.15, 0.2) is 22.3 Å². The number of carbonyl (C=O) groups is 1. The van der Waals surface area contributed by atoms with Crippen LogP contribution in [0.3, 0.4) is 0 Å². The fraction of sp³-hybridized carbons (Fsp3) is 0.615. The van der Waals surface area contributed by atoms with Crippen molar-refractivity contribution < 1.29 is 4.79 Å². The lowest BCUT2D eigenvalue weighted by atomic mass is 10.1. The van der Waals surface area contributed by atoms with Crippen molar-refractivity contribution in [1.29, 1.82) is 0 Å². The summed E-state index contributed by atoms with van der Waals surface area (Å²) in [7, 11) is 0. The monoisotopic (exact) mass is 207 g/mol. The molecule has 0 saturated carbocycles. The average Bonchev–Trinajstić information content (AvgIpc) is 2.47. The fourth-order valence-corrected chi connectivity index (χ4v) is 2.01. The number of carbonyl (C=O) groups excluding carboxylic acids is 1. The number of hydrogen-bond acceptors (Lipinski definition) is 1. The van der Waals surface area contributed by atoms with Gasteiger partial charge in [-0.2, -0.15) is 0 Å². The zero-order chi connectivity index (χ0) is 11.6. The molecule has 0 radical (unpaired) electrons. The molecule has 0 fully saturated rings. The number of hydrogen-bond donors (Lipinski definition) is 0. The third-order valence-corrected chi connectivity index (χ3v) is 3.41. The topological polar surface area (TPSA) is 20.3 Å². The minimum atomic E-state index is 0.216. The van der Waals surface area contributed by atoms with Crippen LogP contribution in [-0.2, 0) is 4.79 Å². The Morgan fingerprint density at radius 3 is 2.00 bits per heavy atom. The second kappa shape index (κ2) is 4.65. The van der Waals surface area contributed by atoms with E-state index in [1.165, 1.54) is 16.7 Å². The van der Waals surface area contributed by atoms with Crippen LogP contribution >= 0.6 is 0 Å². The summed E-state index contributed by atoms with van der Waals surface area (Å²) in [6, 6.07) is 0. The quantitative estimate of drug-likeness (QED) is 0.697. The van der Waals surface area contributed by atoms with Crippen LogP contribution in [0.1, 0.15) is 41.0 Å². The van der Waals surface area contributed by atoms with Gasteiger partial charge >= 0.3 is 0 Å². The van der Waals surface area contributed by atoms with E-state index in [0.717, 1.165) is 25.1 Å². The van der Waals surface area contributed by atoms with Crippen LogP contribution in [0, 0.1) is 0 Å². The first-order chi connectivity index (χ1) is 7.02. The van der Waals surface area contributed by atoms with E-state index >= 15 is 0 Å². The van der Waals surface area contributed by atoms with E-state index in [0.29, 0.717) is 0 Å². The van der Waals surface area contributed by atoms with Crippen molar-refractivity contribution in [2.45, 2.75) is 41.0 Å². The molecule has 1 aliphatic rings. The van der Waals surface area contributed by atoms with Crippen LogP contribution < -0.4 is 0 Å². The summed E-state index contributed by atoms with van der Waals surface area (Å²) >= 11 is 0. The van der Waals surface area contributed by atoms with Crippen LogP contribution in [0.2, 0.25) is 0 Å². The molecule has 84 valence electrons. The summed E-state index contributed by atoms with van der Waals surface area (Å²) in [6.45, 7) is 11.9. The van der Waals surface area contributed by atoms with E-state index < -0.39 is 0 Å². The molecule has 0 heterocycles. The molecule has 0 saturated heterocycles. The molecule has 0 aromatic carbocycles. The van der Waals surface area contributed by atoms with Gasteiger partial charge in [-0.3, -0.25) is 4.79 Å². The molecule has 0 unspecified atom stereocenters. The van der Waals surface area contributed by atoms with Crippen LogP contribution in [0.4, 0.5) is 0 Å².